The number of nitrogens with one attached hydrogen (secondary N) is 1. The maximum absolute atomic E-state index is 13.3. The summed E-state index contributed by atoms with van der Waals surface area (Å²) in [4.78, 5) is 26.7. The molecule has 0 aliphatic carbocycles. The van der Waals surface area contributed by atoms with Crippen molar-refractivity contribution >= 4 is 17.5 Å². The first-order chi connectivity index (χ1) is 13.6. The normalized spacial score (nSPS) is 20.1. The van der Waals surface area contributed by atoms with Gasteiger partial charge in [0.25, 0.3) is 5.91 Å². The minimum atomic E-state index is -0.368. The van der Waals surface area contributed by atoms with Gasteiger partial charge in [0, 0.05) is 13.1 Å². The third-order valence-corrected chi connectivity index (χ3v) is 5.22. The monoisotopic (exact) mass is 379 g/mol. The minimum Gasteiger partial charge on any atom is -0.369 e. The van der Waals surface area contributed by atoms with Crippen LogP contribution in [0.2, 0.25) is 0 Å². The van der Waals surface area contributed by atoms with Crippen LogP contribution in [-0.4, -0.2) is 54.1 Å². The molecule has 1 fully saturated rings. The zero-order valence-electron chi connectivity index (χ0n) is 15.8. The van der Waals surface area contributed by atoms with Gasteiger partial charge >= 0.3 is 0 Å². The number of benzene rings is 2. The lowest BCUT2D eigenvalue weighted by molar-refractivity contribution is -0.137. The van der Waals surface area contributed by atoms with Crippen molar-refractivity contribution in [2.75, 3.05) is 31.3 Å². The zero-order chi connectivity index (χ0) is 19.5. The van der Waals surface area contributed by atoms with Crippen LogP contribution in [0, 0.1) is 0 Å². The predicted octanol–water partition coefficient (Wildman–Crippen LogP) is 0.710. The van der Waals surface area contributed by atoms with E-state index in [1.54, 1.807) is 0 Å². The highest BCUT2D eigenvalue weighted by molar-refractivity contribution is 5.85. The number of para-hydroxylation sites is 1. The first-order valence-electron chi connectivity index (χ1n) is 9.56. The van der Waals surface area contributed by atoms with Crippen molar-refractivity contribution in [2.45, 2.75) is 19.0 Å². The summed E-state index contributed by atoms with van der Waals surface area (Å²) >= 11 is 0. The summed E-state index contributed by atoms with van der Waals surface area (Å²) in [6.45, 7) is 2.58. The Morgan fingerprint density at radius 2 is 1.82 bits per heavy atom. The number of hydrogen-bond acceptors (Lipinski definition) is 5. The SMILES string of the molecule is NC(=O)CN1Cc2ccccc2N(N2CCNC(Cc3ccccc3)C2=O)C1. The van der Waals surface area contributed by atoms with E-state index in [1.165, 1.54) is 0 Å². The fourth-order valence-electron chi connectivity index (χ4n) is 3.96. The molecule has 3 N–H and O–H groups in total. The van der Waals surface area contributed by atoms with Crippen molar-refractivity contribution < 1.29 is 9.59 Å². The molecule has 146 valence electrons. The van der Waals surface area contributed by atoms with Crippen molar-refractivity contribution in [1.82, 2.24) is 15.2 Å². The highest BCUT2D eigenvalue weighted by atomic mass is 16.2. The van der Waals surface area contributed by atoms with E-state index in [-0.39, 0.29) is 24.4 Å². The van der Waals surface area contributed by atoms with Gasteiger partial charge in [0.1, 0.15) is 0 Å². The van der Waals surface area contributed by atoms with Crippen LogP contribution in [-0.2, 0) is 22.6 Å². The first-order valence-corrected chi connectivity index (χ1v) is 9.56. The molecular formula is C21H25N5O2. The second kappa shape index (κ2) is 8.00. The number of hydrazine groups is 1. The van der Waals surface area contributed by atoms with E-state index >= 15 is 0 Å². The molecule has 7 nitrogen and oxygen atoms in total. The van der Waals surface area contributed by atoms with E-state index in [0.29, 0.717) is 26.2 Å². The third-order valence-electron chi connectivity index (χ3n) is 5.22. The Bertz CT molecular complexity index is 857. The van der Waals surface area contributed by atoms with Gasteiger partial charge in [-0.05, 0) is 23.6 Å². The van der Waals surface area contributed by atoms with Gasteiger partial charge in [0.2, 0.25) is 5.91 Å². The van der Waals surface area contributed by atoms with E-state index in [4.69, 9.17) is 5.73 Å². The van der Waals surface area contributed by atoms with Crippen molar-refractivity contribution in [3.8, 4) is 0 Å². The number of hydrogen-bond donors (Lipinski definition) is 2. The molecule has 0 spiro atoms. The fraction of sp³-hybridized carbons (Fsp3) is 0.333. The number of fused-ring (bicyclic) bond motifs is 1. The quantitative estimate of drug-likeness (QED) is 0.800. The van der Waals surface area contributed by atoms with Gasteiger partial charge in [-0.25, -0.2) is 5.01 Å². The number of rotatable bonds is 5. The Balaban J connectivity index is 1.57. The van der Waals surface area contributed by atoms with Crippen molar-refractivity contribution in [3.05, 3.63) is 65.7 Å². The number of carbonyl (C=O) groups is 2. The Morgan fingerprint density at radius 3 is 2.61 bits per heavy atom. The summed E-state index contributed by atoms with van der Waals surface area (Å²) in [7, 11) is 0. The number of amides is 2. The average Bonchev–Trinajstić information content (AvgIpc) is 2.69. The highest BCUT2D eigenvalue weighted by Crippen LogP contribution is 2.29. The Labute approximate surface area is 164 Å². The van der Waals surface area contributed by atoms with E-state index in [2.05, 4.69) is 5.32 Å². The number of piperazine rings is 1. The summed E-state index contributed by atoms with van der Waals surface area (Å²) in [6, 6.07) is 17.8. The van der Waals surface area contributed by atoms with Crippen LogP contribution in [0.3, 0.4) is 0 Å². The molecule has 2 aromatic carbocycles. The lowest BCUT2D eigenvalue weighted by Crippen LogP contribution is -2.64. The topological polar surface area (TPSA) is 81.9 Å². The molecule has 1 unspecified atom stereocenters. The molecule has 2 aromatic rings. The van der Waals surface area contributed by atoms with Gasteiger partial charge in [-0.2, -0.15) is 0 Å². The fourth-order valence-corrected chi connectivity index (χ4v) is 3.96. The Morgan fingerprint density at radius 1 is 1.07 bits per heavy atom. The second-order valence-electron chi connectivity index (χ2n) is 7.28. The summed E-state index contributed by atoms with van der Waals surface area (Å²) in [6.07, 6.45) is 0.649. The molecule has 0 bridgehead atoms. The average molecular weight is 379 g/mol. The van der Waals surface area contributed by atoms with E-state index < -0.39 is 0 Å². The maximum Gasteiger partial charge on any atom is 0.258 e. The summed E-state index contributed by atoms with van der Waals surface area (Å²) in [5.74, 6) is -0.321. The van der Waals surface area contributed by atoms with E-state index in [0.717, 1.165) is 23.4 Å². The van der Waals surface area contributed by atoms with Crippen LogP contribution >= 0.6 is 0 Å². The number of carbonyl (C=O) groups excluding carboxylic acids is 2. The van der Waals surface area contributed by atoms with E-state index in [1.807, 2.05) is 69.5 Å². The zero-order valence-corrected chi connectivity index (χ0v) is 15.8. The van der Waals surface area contributed by atoms with Gasteiger partial charge in [0.15, 0.2) is 0 Å². The standard InChI is InChI=1S/C21H25N5O2/c22-20(27)14-24-13-17-8-4-5-9-19(17)26(15-24)25-11-10-23-18(21(25)28)12-16-6-2-1-3-7-16/h1-9,18,23H,10-15H2,(H2,22,27). The van der Waals surface area contributed by atoms with Crippen LogP contribution in [0.15, 0.2) is 54.6 Å². The van der Waals surface area contributed by atoms with Crippen molar-refractivity contribution in [2.24, 2.45) is 5.73 Å². The number of nitrogens with two attached hydrogens (primary N) is 1. The summed E-state index contributed by atoms with van der Waals surface area (Å²) in [5, 5.41) is 7.15. The molecule has 2 heterocycles. The lowest BCUT2D eigenvalue weighted by Gasteiger charge is -2.46. The summed E-state index contributed by atoms with van der Waals surface area (Å²) in [5.41, 5.74) is 8.64. The third kappa shape index (κ3) is 3.85. The number of nitrogens with zero attached hydrogens (tertiary/aromatic N) is 3. The molecule has 0 aromatic heterocycles. The first kappa shape index (κ1) is 18.5. The smallest absolute Gasteiger partial charge is 0.258 e. The van der Waals surface area contributed by atoms with Crippen LogP contribution in [0.25, 0.3) is 0 Å². The van der Waals surface area contributed by atoms with Gasteiger partial charge < -0.3 is 11.1 Å². The van der Waals surface area contributed by atoms with Crippen molar-refractivity contribution in [3.63, 3.8) is 0 Å². The second-order valence-corrected chi connectivity index (χ2v) is 7.28. The van der Waals surface area contributed by atoms with Gasteiger partial charge in [-0.1, -0.05) is 48.5 Å². The molecule has 1 atom stereocenters. The van der Waals surface area contributed by atoms with Gasteiger partial charge in [-0.15, -0.1) is 0 Å². The molecular weight excluding hydrogens is 354 g/mol. The molecule has 2 aliphatic rings. The molecule has 28 heavy (non-hydrogen) atoms. The van der Waals surface area contributed by atoms with Gasteiger partial charge in [0.05, 0.1) is 31.5 Å². The molecule has 0 radical (unpaired) electrons. The molecule has 2 amide bonds. The molecule has 1 saturated heterocycles. The largest absolute Gasteiger partial charge is 0.369 e. The lowest BCUT2D eigenvalue weighted by atomic mass is 10.0. The molecule has 4 rings (SSSR count). The molecule has 0 saturated carbocycles. The van der Waals surface area contributed by atoms with E-state index in [9.17, 15) is 9.59 Å². The van der Waals surface area contributed by atoms with Crippen LogP contribution in [0.4, 0.5) is 5.69 Å². The van der Waals surface area contributed by atoms with Crippen LogP contribution < -0.4 is 16.1 Å². The number of primary amides is 1. The molecule has 2 aliphatic heterocycles. The van der Waals surface area contributed by atoms with Crippen LogP contribution in [0.5, 0.6) is 0 Å². The Hall–Kier alpha value is -2.90. The number of anilines is 1. The highest BCUT2D eigenvalue weighted by Gasteiger charge is 2.35. The maximum atomic E-state index is 13.3. The van der Waals surface area contributed by atoms with Crippen LogP contribution in [0.1, 0.15) is 11.1 Å². The minimum absolute atomic E-state index is 0.0471. The predicted molar refractivity (Wildman–Crippen MR) is 107 cm³/mol. The summed E-state index contributed by atoms with van der Waals surface area (Å²) < 4.78 is 0. The molecule has 7 heteroatoms. The Kier molecular flexibility index (Phi) is 5.27. The van der Waals surface area contributed by atoms with Crippen molar-refractivity contribution in [1.29, 1.82) is 0 Å². The van der Waals surface area contributed by atoms with Gasteiger partial charge in [-0.3, -0.25) is 19.5 Å².